The van der Waals surface area contributed by atoms with Crippen molar-refractivity contribution in [1.82, 2.24) is 0 Å². The van der Waals surface area contributed by atoms with Gasteiger partial charge in [0.25, 0.3) is 0 Å². The predicted octanol–water partition coefficient (Wildman–Crippen LogP) is 4.58. The molecule has 0 amide bonds. The van der Waals surface area contributed by atoms with Gasteiger partial charge in [0, 0.05) is 5.92 Å². The van der Waals surface area contributed by atoms with Crippen molar-refractivity contribution in [2.24, 2.45) is 11.3 Å². The molecule has 0 N–H and O–H groups in total. The summed E-state index contributed by atoms with van der Waals surface area (Å²) < 4.78 is 6.05. The maximum atomic E-state index is 6.05. The van der Waals surface area contributed by atoms with Crippen LogP contribution in [0.3, 0.4) is 0 Å². The number of hydrogen-bond acceptors (Lipinski definition) is 2. The minimum atomic E-state index is 0.230. The molecule has 0 aliphatic rings. The van der Waals surface area contributed by atoms with Crippen molar-refractivity contribution in [3.8, 4) is 5.75 Å². The van der Waals surface area contributed by atoms with Crippen molar-refractivity contribution in [1.29, 1.82) is 0 Å². The molecule has 0 spiro atoms. The Morgan fingerprint density at radius 1 is 1.11 bits per heavy atom. The number of thiol groups is 1. The van der Waals surface area contributed by atoms with Gasteiger partial charge in [-0.15, -0.1) is 0 Å². The molecule has 0 bridgehead atoms. The van der Waals surface area contributed by atoms with E-state index in [2.05, 4.69) is 66.3 Å². The zero-order valence-corrected chi connectivity index (χ0v) is 13.4. The largest absolute Gasteiger partial charge is 0.493 e. The number of aryl methyl sites for hydroxylation is 3. The first-order valence-electron chi connectivity index (χ1n) is 6.57. The van der Waals surface area contributed by atoms with Crippen molar-refractivity contribution < 1.29 is 4.74 Å². The molecule has 18 heavy (non-hydrogen) atoms. The Kier molecular flexibility index (Phi) is 5.15. The van der Waals surface area contributed by atoms with Crippen molar-refractivity contribution in [3.05, 3.63) is 28.8 Å². The van der Waals surface area contributed by atoms with Gasteiger partial charge in [-0.2, -0.15) is 12.6 Å². The van der Waals surface area contributed by atoms with Crippen LogP contribution in [0, 0.1) is 32.1 Å². The van der Waals surface area contributed by atoms with E-state index >= 15 is 0 Å². The molecule has 0 heterocycles. The third-order valence-corrected chi connectivity index (χ3v) is 3.92. The summed E-state index contributed by atoms with van der Waals surface area (Å²) >= 11 is 4.44. The lowest BCUT2D eigenvalue weighted by Crippen LogP contribution is -2.28. The molecule has 0 saturated carbocycles. The van der Waals surface area contributed by atoms with Crippen LogP contribution in [-0.2, 0) is 0 Å². The summed E-state index contributed by atoms with van der Waals surface area (Å²) in [5, 5.41) is 0. The van der Waals surface area contributed by atoms with Gasteiger partial charge in [-0.3, -0.25) is 0 Å². The van der Waals surface area contributed by atoms with Gasteiger partial charge in [0.05, 0.1) is 6.61 Å². The zero-order valence-electron chi connectivity index (χ0n) is 12.5. The summed E-state index contributed by atoms with van der Waals surface area (Å²) in [4.78, 5) is 0. The molecule has 0 saturated heterocycles. The summed E-state index contributed by atoms with van der Waals surface area (Å²) in [7, 11) is 0. The van der Waals surface area contributed by atoms with Crippen LogP contribution in [0.1, 0.15) is 37.5 Å². The van der Waals surface area contributed by atoms with E-state index < -0.39 is 0 Å². The molecule has 0 aromatic heterocycles. The van der Waals surface area contributed by atoms with E-state index in [1.165, 1.54) is 16.7 Å². The maximum absolute atomic E-state index is 6.05. The van der Waals surface area contributed by atoms with Crippen molar-refractivity contribution >= 4 is 12.6 Å². The minimum Gasteiger partial charge on any atom is -0.493 e. The van der Waals surface area contributed by atoms with E-state index in [1.54, 1.807) is 0 Å². The fourth-order valence-corrected chi connectivity index (χ4v) is 2.81. The quantitative estimate of drug-likeness (QED) is 0.785. The van der Waals surface area contributed by atoms with Gasteiger partial charge in [-0.25, -0.2) is 0 Å². The molecular formula is C16H26OS. The molecule has 0 radical (unpaired) electrons. The van der Waals surface area contributed by atoms with Gasteiger partial charge in [0.2, 0.25) is 0 Å². The highest BCUT2D eigenvalue weighted by Gasteiger charge is 2.24. The third kappa shape index (κ3) is 3.94. The van der Waals surface area contributed by atoms with Crippen LogP contribution in [0.15, 0.2) is 12.1 Å². The Morgan fingerprint density at radius 2 is 1.61 bits per heavy atom. The second kappa shape index (κ2) is 6.01. The topological polar surface area (TPSA) is 9.23 Å². The number of benzene rings is 1. The highest BCUT2D eigenvalue weighted by molar-refractivity contribution is 7.80. The minimum absolute atomic E-state index is 0.230. The van der Waals surface area contributed by atoms with Crippen molar-refractivity contribution in [3.63, 3.8) is 0 Å². The monoisotopic (exact) mass is 266 g/mol. The smallest absolute Gasteiger partial charge is 0.125 e. The number of hydrogen-bond donors (Lipinski definition) is 1. The predicted molar refractivity (Wildman–Crippen MR) is 82.9 cm³/mol. The molecular weight excluding hydrogens is 240 g/mol. The molecule has 102 valence electrons. The normalized spacial score (nSPS) is 13.5. The molecule has 1 atom stereocenters. The summed E-state index contributed by atoms with van der Waals surface area (Å²) in [6.07, 6.45) is 0. The summed E-state index contributed by atoms with van der Waals surface area (Å²) in [5.74, 6) is 2.35. The third-order valence-electron chi connectivity index (χ3n) is 3.48. The number of rotatable bonds is 4. The average Bonchev–Trinajstić information content (AvgIpc) is 2.19. The second-order valence-electron chi connectivity index (χ2n) is 6.28. The SMILES string of the molecule is Cc1cc(C)c(OCC(CS)C(C)(C)C)c(C)c1. The number of ether oxygens (including phenoxy) is 1. The highest BCUT2D eigenvalue weighted by atomic mass is 32.1. The fourth-order valence-electron chi connectivity index (χ4n) is 2.15. The molecule has 1 rings (SSSR count). The Labute approximate surface area is 117 Å². The van der Waals surface area contributed by atoms with Crippen molar-refractivity contribution in [2.45, 2.75) is 41.5 Å². The van der Waals surface area contributed by atoms with E-state index in [4.69, 9.17) is 4.74 Å². The Bertz CT molecular complexity index is 381. The average molecular weight is 266 g/mol. The van der Waals surface area contributed by atoms with Crippen LogP contribution in [0.5, 0.6) is 5.75 Å². The lowest BCUT2D eigenvalue weighted by atomic mass is 9.82. The molecule has 1 aromatic rings. The van der Waals surface area contributed by atoms with Gasteiger partial charge in [-0.05, 0) is 43.1 Å². The van der Waals surface area contributed by atoms with Crippen LogP contribution in [0.2, 0.25) is 0 Å². The molecule has 1 aromatic carbocycles. The van der Waals surface area contributed by atoms with E-state index in [0.717, 1.165) is 18.1 Å². The van der Waals surface area contributed by atoms with Crippen LogP contribution in [-0.4, -0.2) is 12.4 Å². The van der Waals surface area contributed by atoms with E-state index in [9.17, 15) is 0 Å². The van der Waals surface area contributed by atoms with Crippen LogP contribution >= 0.6 is 12.6 Å². The molecule has 1 nitrogen and oxygen atoms in total. The van der Waals surface area contributed by atoms with Crippen LogP contribution in [0.25, 0.3) is 0 Å². The molecule has 0 aliphatic heterocycles. The van der Waals surface area contributed by atoms with Gasteiger partial charge in [-0.1, -0.05) is 38.5 Å². The Morgan fingerprint density at radius 3 is 2.00 bits per heavy atom. The lowest BCUT2D eigenvalue weighted by molar-refractivity contribution is 0.164. The summed E-state index contributed by atoms with van der Waals surface area (Å²) in [6.45, 7) is 13.8. The first-order chi connectivity index (χ1) is 8.25. The molecule has 2 heteroatoms. The molecule has 0 fully saturated rings. The van der Waals surface area contributed by atoms with E-state index in [-0.39, 0.29) is 5.41 Å². The molecule has 0 aliphatic carbocycles. The van der Waals surface area contributed by atoms with Crippen LogP contribution < -0.4 is 4.74 Å². The summed E-state index contributed by atoms with van der Waals surface area (Å²) in [5.41, 5.74) is 3.96. The highest BCUT2D eigenvalue weighted by Crippen LogP contribution is 2.30. The van der Waals surface area contributed by atoms with Crippen molar-refractivity contribution in [2.75, 3.05) is 12.4 Å². The van der Waals surface area contributed by atoms with E-state index in [0.29, 0.717) is 5.92 Å². The molecule has 1 unspecified atom stereocenters. The Hall–Kier alpha value is -0.630. The first-order valence-corrected chi connectivity index (χ1v) is 7.20. The standard InChI is InChI=1S/C16H26OS/c1-11-7-12(2)15(13(3)8-11)17-9-14(10-18)16(4,5)6/h7-8,14,18H,9-10H2,1-6H3. The van der Waals surface area contributed by atoms with Gasteiger partial charge in [0.1, 0.15) is 5.75 Å². The lowest BCUT2D eigenvalue weighted by Gasteiger charge is -2.29. The Balaban J connectivity index is 2.80. The maximum Gasteiger partial charge on any atom is 0.125 e. The summed E-state index contributed by atoms with van der Waals surface area (Å²) in [6, 6.07) is 4.35. The second-order valence-corrected chi connectivity index (χ2v) is 6.65. The van der Waals surface area contributed by atoms with Gasteiger partial charge in [0.15, 0.2) is 0 Å². The fraction of sp³-hybridized carbons (Fsp3) is 0.625. The van der Waals surface area contributed by atoms with E-state index in [1.807, 2.05) is 0 Å². The zero-order chi connectivity index (χ0) is 13.9. The van der Waals surface area contributed by atoms with Gasteiger partial charge >= 0.3 is 0 Å². The van der Waals surface area contributed by atoms with Crippen LogP contribution in [0.4, 0.5) is 0 Å². The van der Waals surface area contributed by atoms with Gasteiger partial charge < -0.3 is 4.74 Å². The first kappa shape index (κ1) is 15.4.